The number of hydrogen-bond donors (Lipinski definition) is 4. The maximum Gasteiger partial charge on any atom is 0.472 e. The summed E-state index contributed by atoms with van der Waals surface area (Å²) >= 11 is 0. The van der Waals surface area contributed by atoms with Crippen LogP contribution in [0.25, 0.3) is 0 Å². The second-order valence-electron chi connectivity index (χ2n) is 22.2. The lowest BCUT2D eigenvalue weighted by Gasteiger charge is -2.21. The summed E-state index contributed by atoms with van der Waals surface area (Å²) in [6, 6.07) is 0. The predicted molar refractivity (Wildman–Crippen MR) is 362 cm³/mol. The van der Waals surface area contributed by atoms with Gasteiger partial charge in [0.2, 0.25) is 0 Å². The number of aliphatic hydroxyl groups is 2. The van der Waals surface area contributed by atoms with Gasteiger partial charge in [0.1, 0.15) is 25.4 Å². The standard InChI is InChI=1S/C71H120O16P2/c1-4-7-10-13-16-19-22-25-27-29-31-32-34-36-37-40-42-45-48-51-54-57-69(74)81-60-66(72)61-83-88(77,78)84-62-67(73)63-85-89(79,80)86-65-68(87-71(76)59-56-53-50-47-44-39-24-21-18-15-12-9-6-3)64-82-70(75)58-55-52-49-46-43-41-38-35-33-30-28-26-23-20-17-14-11-8-5-2/h8,11-12,15-17,19-21,24-28,31-33,35-37,66-68,72-73H,4-7,9-10,13-14,18,22-23,29-30,34,38-65H2,1-3H3,(H,77,78)(H,79,80)/b11-8-,15-12-,19-16-,20-17-,24-21-,27-25-,28-26-,32-31-,35-33-,37-36-. The highest BCUT2D eigenvalue weighted by molar-refractivity contribution is 7.47. The van der Waals surface area contributed by atoms with Crippen LogP contribution in [0.15, 0.2) is 122 Å². The van der Waals surface area contributed by atoms with Crippen LogP contribution in [0.5, 0.6) is 0 Å². The van der Waals surface area contributed by atoms with E-state index in [1.165, 1.54) is 25.7 Å². The zero-order chi connectivity index (χ0) is 65.3. The average molecular weight is 1290 g/mol. The Labute approximate surface area is 538 Å². The van der Waals surface area contributed by atoms with E-state index in [2.05, 4.69) is 142 Å². The molecule has 89 heavy (non-hydrogen) atoms. The van der Waals surface area contributed by atoms with E-state index in [4.69, 9.17) is 32.3 Å². The molecule has 510 valence electrons. The number of hydrogen-bond acceptors (Lipinski definition) is 14. The zero-order valence-corrected chi connectivity index (χ0v) is 56.8. The fourth-order valence-corrected chi connectivity index (χ4v) is 10.0. The van der Waals surface area contributed by atoms with Crippen molar-refractivity contribution < 1.29 is 75.8 Å². The molecule has 0 aromatic carbocycles. The molecule has 0 aromatic heterocycles. The van der Waals surface area contributed by atoms with Crippen LogP contribution in [0.2, 0.25) is 0 Å². The Morgan fingerprint density at radius 2 is 0.618 bits per heavy atom. The van der Waals surface area contributed by atoms with Crippen molar-refractivity contribution in [1.29, 1.82) is 0 Å². The summed E-state index contributed by atoms with van der Waals surface area (Å²) in [4.78, 5) is 58.3. The van der Waals surface area contributed by atoms with Crippen molar-refractivity contribution in [2.45, 2.75) is 270 Å². The van der Waals surface area contributed by atoms with Crippen LogP contribution in [-0.2, 0) is 55.8 Å². The third-order valence-electron chi connectivity index (χ3n) is 13.6. The second-order valence-corrected chi connectivity index (χ2v) is 25.1. The van der Waals surface area contributed by atoms with Gasteiger partial charge in [0.05, 0.1) is 26.4 Å². The van der Waals surface area contributed by atoms with E-state index in [0.29, 0.717) is 19.3 Å². The van der Waals surface area contributed by atoms with Gasteiger partial charge in [0, 0.05) is 19.3 Å². The van der Waals surface area contributed by atoms with E-state index >= 15 is 0 Å². The predicted octanol–water partition coefficient (Wildman–Crippen LogP) is 18.6. The lowest BCUT2D eigenvalue weighted by Crippen LogP contribution is -2.30. The fraction of sp³-hybridized carbons (Fsp3) is 0.676. The molecule has 0 saturated heterocycles. The number of carbonyl (C=O) groups is 3. The summed E-state index contributed by atoms with van der Waals surface area (Å²) in [5.74, 6) is -1.63. The second kappa shape index (κ2) is 64.1. The fourth-order valence-electron chi connectivity index (χ4n) is 8.46. The molecule has 0 radical (unpaired) electrons. The van der Waals surface area contributed by atoms with Crippen molar-refractivity contribution in [1.82, 2.24) is 0 Å². The molecule has 16 nitrogen and oxygen atoms in total. The first-order chi connectivity index (χ1) is 43.2. The van der Waals surface area contributed by atoms with Crippen molar-refractivity contribution in [2.24, 2.45) is 0 Å². The molecule has 0 heterocycles. The highest BCUT2D eigenvalue weighted by Crippen LogP contribution is 2.45. The molecule has 0 saturated carbocycles. The molecule has 0 aromatic rings. The smallest absolute Gasteiger partial charge is 0.463 e. The van der Waals surface area contributed by atoms with E-state index in [0.717, 1.165) is 167 Å². The Morgan fingerprint density at radius 1 is 0.326 bits per heavy atom. The number of carbonyl (C=O) groups excluding carboxylic acids is 3. The molecule has 0 aliphatic carbocycles. The van der Waals surface area contributed by atoms with Crippen molar-refractivity contribution in [3.05, 3.63) is 122 Å². The van der Waals surface area contributed by atoms with Gasteiger partial charge < -0.3 is 34.2 Å². The summed E-state index contributed by atoms with van der Waals surface area (Å²) in [6.45, 7) is 2.39. The van der Waals surface area contributed by atoms with Crippen molar-refractivity contribution in [3.63, 3.8) is 0 Å². The topological polar surface area (TPSA) is 231 Å². The third kappa shape index (κ3) is 65.3. The number of phosphoric acid groups is 2. The van der Waals surface area contributed by atoms with E-state index < -0.39 is 91.5 Å². The number of ether oxygens (including phenoxy) is 3. The number of aliphatic hydroxyl groups excluding tert-OH is 2. The van der Waals surface area contributed by atoms with Crippen LogP contribution >= 0.6 is 15.6 Å². The minimum Gasteiger partial charge on any atom is -0.463 e. The van der Waals surface area contributed by atoms with E-state index in [1.807, 2.05) is 0 Å². The maximum absolute atomic E-state index is 12.9. The summed E-state index contributed by atoms with van der Waals surface area (Å²) in [5, 5.41) is 20.5. The molecule has 0 aliphatic rings. The van der Waals surface area contributed by atoms with Gasteiger partial charge in [-0.05, 0) is 128 Å². The van der Waals surface area contributed by atoms with Crippen molar-refractivity contribution in [3.8, 4) is 0 Å². The summed E-state index contributed by atoms with van der Waals surface area (Å²) in [6.07, 6.45) is 72.5. The summed E-state index contributed by atoms with van der Waals surface area (Å²) in [5.41, 5.74) is 0. The lowest BCUT2D eigenvalue weighted by atomic mass is 10.1. The lowest BCUT2D eigenvalue weighted by molar-refractivity contribution is -0.161. The Balaban J connectivity index is 4.67. The number of esters is 3. The summed E-state index contributed by atoms with van der Waals surface area (Å²) in [7, 11) is -9.79. The van der Waals surface area contributed by atoms with Crippen LogP contribution in [-0.4, -0.2) is 95.9 Å². The van der Waals surface area contributed by atoms with Crippen LogP contribution in [0.1, 0.15) is 252 Å². The van der Waals surface area contributed by atoms with Gasteiger partial charge in [0.25, 0.3) is 0 Å². The monoisotopic (exact) mass is 1290 g/mol. The van der Waals surface area contributed by atoms with E-state index in [9.17, 15) is 43.5 Å². The summed E-state index contributed by atoms with van der Waals surface area (Å²) < 4.78 is 60.8. The van der Waals surface area contributed by atoms with Gasteiger partial charge in [-0.15, -0.1) is 0 Å². The number of allylic oxidation sites excluding steroid dienone is 20. The number of phosphoric ester groups is 2. The van der Waals surface area contributed by atoms with Gasteiger partial charge in [-0.25, -0.2) is 9.13 Å². The molecule has 18 heteroatoms. The first-order valence-electron chi connectivity index (χ1n) is 33.8. The quantitative estimate of drug-likeness (QED) is 0.0146. The molecule has 0 bridgehead atoms. The SMILES string of the molecule is CC/C=C\C/C=C\C/C=C\C/C=C\CCCCCCCCC(=O)OCC(COP(=O)(O)OCC(O)COP(=O)(O)OCC(O)COC(=O)CCCCCCC/C=C\C/C=C\C/C=C\C/C=C\CCCCC)OC(=O)CCCCCCC/C=C\C/C=C\CCC. The molecular formula is C71H120O16P2. The van der Waals surface area contributed by atoms with Gasteiger partial charge in [0.15, 0.2) is 6.10 Å². The Morgan fingerprint density at radius 3 is 0.989 bits per heavy atom. The highest BCUT2D eigenvalue weighted by atomic mass is 31.2. The first-order valence-corrected chi connectivity index (χ1v) is 36.8. The number of unbranched alkanes of at least 4 members (excludes halogenated alkanes) is 20. The highest BCUT2D eigenvalue weighted by Gasteiger charge is 2.29. The van der Waals surface area contributed by atoms with Crippen LogP contribution in [0, 0.1) is 0 Å². The molecule has 0 rings (SSSR count). The normalized spacial score (nSPS) is 15.0. The molecular weight excluding hydrogens is 1170 g/mol. The molecule has 0 fully saturated rings. The van der Waals surface area contributed by atoms with Gasteiger partial charge in [-0.1, -0.05) is 226 Å². The van der Waals surface area contributed by atoms with Crippen molar-refractivity contribution >= 4 is 33.6 Å². The molecule has 5 atom stereocenters. The van der Waals surface area contributed by atoms with Crippen LogP contribution < -0.4 is 0 Å². The van der Waals surface area contributed by atoms with Crippen molar-refractivity contribution in [2.75, 3.05) is 39.6 Å². The minimum absolute atomic E-state index is 0.0812. The minimum atomic E-state index is -4.93. The zero-order valence-electron chi connectivity index (χ0n) is 55.1. The van der Waals surface area contributed by atoms with E-state index in [-0.39, 0.29) is 19.3 Å². The van der Waals surface area contributed by atoms with Crippen LogP contribution in [0.3, 0.4) is 0 Å². The first kappa shape index (κ1) is 85.0. The Hall–Kier alpha value is -4.05. The van der Waals surface area contributed by atoms with Gasteiger partial charge >= 0.3 is 33.6 Å². The maximum atomic E-state index is 12.9. The molecule has 0 aliphatic heterocycles. The molecule has 0 spiro atoms. The largest absolute Gasteiger partial charge is 0.472 e. The third-order valence-corrected chi connectivity index (χ3v) is 15.5. The Bertz CT molecular complexity index is 2110. The van der Waals surface area contributed by atoms with Gasteiger partial charge in [-0.2, -0.15) is 0 Å². The van der Waals surface area contributed by atoms with E-state index in [1.54, 1.807) is 0 Å². The average Bonchev–Trinajstić information content (AvgIpc) is 3.72. The Kier molecular flexibility index (Phi) is 61.2. The number of rotatable bonds is 63. The van der Waals surface area contributed by atoms with Gasteiger partial charge in [-0.3, -0.25) is 32.5 Å². The van der Waals surface area contributed by atoms with Crippen LogP contribution in [0.4, 0.5) is 0 Å². The molecule has 5 unspecified atom stereocenters. The molecule has 4 N–H and O–H groups in total. The molecule has 0 amide bonds.